The number of fused-ring (bicyclic) bond motifs is 1. The maximum atomic E-state index is 12.3. The molecule has 0 bridgehead atoms. The second kappa shape index (κ2) is 6.71. The molecule has 0 fully saturated rings. The number of aryl methyl sites for hydroxylation is 1. The molecule has 0 saturated carbocycles. The van der Waals surface area contributed by atoms with Crippen molar-refractivity contribution in [2.45, 2.75) is 31.6 Å². The van der Waals surface area contributed by atoms with Crippen LogP contribution in [0.3, 0.4) is 0 Å². The van der Waals surface area contributed by atoms with Gasteiger partial charge in [0.25, 0.3) is 0 Å². The van der Waals surface area contributed by atoms with Gasteiger partial charge < -0.3 is 10.2 Å². The lowest BCUT2D eigenvalue weighted by Gasteiger charge is -2.24. The van der Waals surface area contributed by atoms with Gasteiger partial charge in [-0.25, -0.2) is 0 Å². The first-order chi connectivity index (χ1) is 9.18. The molecule has 0 aliphatic heterocycles. The van der Waals surface area contributed by atoms with Gasteiger partial charge in [0.2, 0.25) is 5.91 Å². The fourth-order valence-corrected chi connectivity index (χ4v) is 2.76. The number of carbonyl (C=O) groups excluding carboxylic acids is 1. The molecule has 104 valence electrons. The monoisotopic (exact) mass is 260 g/mol. The lowest BCUT2D eigenvalue weighted by Crippen LogP contribution is -2.33. The van der Waals surface area contributed by atoms with Crippen molar-refractivity contribution in [1.29, 1.82) is 0 Å². The maximum Gasteiger partial charge on any atom is 0.227 e. The molecule has 1 unspecified atom stereocenters. The fourth-order valence-electron chi connectivity index (χ4n) is 2.76. The largest absolute Gasteiger partial charge is 0.356 e. The molecular formula is C16H24N2O. The van der Waals surface area contributed by atoms with Crippen molar-refractivity contribution in [2.75, 3.05) is 27.2 Å². The third-order valence-electron chi connectivity index (χ3n) is 3.77. The fraction of sp³-hybridized carbons (Fsp3) is 0.562. The van der Waals surface area contributed by atoms with Crippen LogP contribution in [0.1, 0.15) is 36.3 Å². The number of nitrogens with zero attached hydrogens (tertiary/aromatic N) is 1. The van der Waals surface area contributed by atoms with E-state index in [0.29, 0.717) is 0 Å². The molecule has 3 nitrogen and oxygen atoms in total. The Hall–Kier alpha value is -1.35. The number of hydrogen-bond donors (Lipinski definition) is 1. The number of benzene rings is 1. The van der Waals surface area contributed by atoms with Crippen LogP contribution in [-0.2, 0) is 11.2 Å². The predicted octanol–water partition coefficient (Wildman–Crippen LogP) is 2.17. The first-order valence-electron chi connectivity index (χ1n) is 7.18. The van der Waals surface area contributed by atoms with Gasteiger partial charge in [-0.2, -0.15) is 0 Å². The van der Waals surface area contributed by atoms with Gasteiger partial charge in [-0.3, -0.25) is 4.79 Å². The molecule has 0 heterocycles. The van der Waals surface area contributed by atoms with Gasteiger partial charge in [-0.15, -0.1) is 0 Å². The van der Waals surface area contributed by atoms with Crippen molar-refractivity contribution in [3.05, 3.63) is 35.4 Å². The molecule has 1 N–H and O–H groups in total. The predicted molar refractivity (Wildman–Crippen MR) is 78.3 cm³/mol. The summed E-state index contributed by atoms with van der Waals surface area (Å²) in [6, 6.07) is 8.37. The zero-order valence-corrected chi connectivity index (χ0v) is 12.0. The smallest absolute Gasteiger partial charge is 0.227 e. The Morgan fingerprint density at radius 3 is 2.95 bits per heavy atom. The summed E-state index contributed by atoms with van der Waals surface area (Å²) in [5.41, 5.74) is 2.58. The summed E-state index contributed by atoms with van der Waals surface area (Å²) in [6.45, 7) is 1.79. The zero-order valence-electron chi connectivity index (χ0n) is 12.0. The number of hydrogen-bond acceptors (Lipinski definition) is 2. The van der Waals surface area contributed by atoms with Gasteiger partial charge in [0.05, 0.1) is 5.92 Å². The van der Waals surface area contributed by atoms with E-state index in [4.69, 9.17) is 0 Å². The minimum atomic E-state index is 0.0595. The Morgan fingerprint density at radius 1 is 1.37 bits per heavy atom. The van der Waals surface area contributed by atoms with E-state index in [1.54, 1.807) is 0 Å². The van der Waals surface area contributed by atoms with E-state index in [1.807, 2.05) is 6.07 Å². The molecule has 1 aliphatic rings. The van der Waals surface area contributed by atoms with Gasteiger partial charge in [0, 0.05) is 6.54 Å². The van der Waals surface area contributed by atoms with Crippen LogP contribution in [0.5, 0.6) is 0 Å². The highest BCUT2D eigenvalue weighted by Crippen LogP contribution is 2.31. The Bertz CT molecular complexity index is 429. The molecule has 0 spiro atoms. The van der Waals surface area contributed by atoms with E-state index in [2.05, 4.69) is 42.5 Å². The number of nitrogens with one attached hydrogen (secondary N) is 1. The van der Waals surface area contributed by atoms with Crippen molar-refractivity contribution in [2.24, 2.45) is 0 Å². The number of amides is 1. The van der Waals surface area contributed by atoms with Crippen LogP contribution < -0.4 is 5.32 Å². The topological polar surface area (TPSA) is 32.3 Å². The van der Waals surface area contributed by atoms with Crippen LogP contribution in [0.2, 0.25) is 0 Å². The van der Waals surface area contributed by atoms with Crippen LogP contribution >= 0.6 is 0 Å². The summed E-state index contributed by atoms with van der Waals surface area (Å²) in [4.78, 5) is 14.4. The second-order valence-corrected chi connectivity index (χ2v) is 5.59. The maximum absolute atomic E-state index is 12.3. The molecular weight excluding hydrogens is 236 g/mol. The average Bonchev–Trinajstić information content (AvgIpc) is 2.42. The first kappa shape index (κ1) is 14.1. The van der Waals surface area contributed by atoms with Gasteiger partial charge in [-0.05, 0) is 57.5 Å². The Morgan fingerprint density at radius 2 is 2.16 bits per heavy atom. The molecule has 3 heteroatoms. The third kappa shape index (κ3) is 3.80. The van der Waals surface area contributed by atoms with Crippen molar-refractivity contribution in [3.8, 4) is 0 Å². The molecule has 1 aliphatic carbocycles. The molecule has 0 radical (unpaired) electrons. The minimum absolute atomic E-state index is 0.0595. The van der Waals surface area contributed by atoms with Crippen LogP contribution in [0.25, 0.3) is 0 Å². The molecule has 1 aromatic rings. The molecule has 0 saturated heterocycles. The van der Waals surface area contributed by atoms with E-state index >= 15 is 0 Å². The van der Waals surface area contributed by atoms with Gasteiger partial charge in [-0.1, -0.05) is 24.3 Å². The average molecular weight is 260 g/mol. The summed E-state index contributed by atoms with van der Waals surface area (Å²) >= 11 is 0. The third-order valence-corrected chi connectivity index (χ3v) is 3.77. The van der Waals surface area contributed by atoms with Crippen LogP contribution in [0.15, 0.2) is 24.3 Å². The van der Waals surface area contributed by atoms with Gasteiger partial charge in [0.15, 0.2) is 0 Å². The lowest BCUT2D eigenvalue weighted by atomic mass is 9.82. The molecule has 1 aromatic carbocycles. The zero-order chi connectivity index (χ0) is 13.7. The second-order valence-electron chi connectivity index (χ2n) is 5.59. The van der Waals surface area contributed by atoms with Crippen LogP contribution in [-0.4, -0.2) is 38.0 Å². The van der Waals surface area contributed by atoms with Gasteiger partial charge in [0.1, 0.15) is 0 Å². The molecule has 0 aromatic heterocycles. The molecule has 1 atom stereocenters. The number of carbonyl (C=O) groups is 1. The highest BCUT2D eigenvalue weighted by atomic mass is 16.1. The Labute approximate surface area is 116 Å². The van der Waals surface area contributed by atoms with E-state index in [-0.39, 0.29) is 11.8 Å². The summed E-state index contributed by atoms with van der Waals surface area (Å²) < 4.78 is 0. The summed E-state index contributed by atoms with van der Waals surface area (Å²) in [5.74, 6) is 0.259. The molecule has 19 heavy (non-hydrogen) atoms. The quantitative estimate of drug-likeness (QED) is 0.823. The van der Waals surface area contributed by atoms with E-state index in [1.165, 1.54) is 11.1 Å². The summed E-state index contributed by atoms with van der Waals surface area (Å²) in [7, 11) is 4.11. The number of rotatable bonds is 5. The first-order valence-corrected chi connectivity index (χ1v) is 7.18. The normalized spacial score (nSPS) is 18.2. The Balaban J connectivity index is 1.90. The lowest BCUT2D eigenvalue weighted by molar-refractivity contribution is -0.122. The van der Waals surface area contributed by atoms with E-state index in [9.17, 15) is 4.79 Å². The van der Waals surface area contributed by atoms with E-state index < -0.39 is 0 Å². The van der Waals surface area contributed by atoms with Gasteiger partial charge >= 0.3 is 0 Å². The molecule has 2 rings (SSSR count). The standard InChI is InChI=1S/C16H24N2O/c1-18(2)12-6-11-17-16(19)15-10-5-8-13-7-3-4-9-14(13)15/h3-4,7,9,15H,5-6,8,10-12H2,1-2H3,(H,17,19). The highest BCUT2D eigenvalue weighted by Gasteiger charge is 2.25. The van der Waals surface area contributed by atoms with Crippen LogP contribution in [0, 0.1) is 0 Å². The Kier molecular flexibility index (Phi) is 4.97. The van der Waals surface area contributed by atoms with Crippen molar-refractivity contribution >= 4 is 5.91 Å². The SMILES string of the molecule is CN(C)CCCNC(=O)C1CCCc2ccccc21. The summed E-state index contributed by atoms with van der Waals surface area (Å²) in [5, 5.41) is 3.08. The molecule has 1 amide bonds. The summed E-state index contributed by atoms with van der Waals surface area (Å²) in [6.07, 6.45) is 4.22. The van der Waals surface area contributed by atoms with Crippen molar-refractivity contribution in [3.63, 3.8) is 0 Å². The van der Waals surface area contributed by atoms with Crippen LogP contribution in [0.4, 0.5) is 0 Å². The minimum Gasteiger partial charge on any atom is -0.356 e. The van der Waals surface area contributed by atoms with Crippen molar-refractivity contribution in [1.82, 2.24) is 10.2 Å². The highest BCUT2D eigenvalue weighted by molar-refractivity contribution is 5.84. The van der Waals surface area contributed by atoms with E-state index in [0.717, 1.165) is 38.8 Å². The van der Waals surface area contributed by atoms with Crippen molar-refractivity contribution < 1.29 is 4.79 Å².